The summed E-state index contributed by atoms with van der Waals surface area (Å²) in [5.74, 6) is 0. The van der Waals surface area contributed by atoms with Gasteiger partial charge in [-0.3, -0.25) is 0 Å². The number of hydrogen-bond acceptors (Lipinski definition) is 3. The molecular formula is C13H17N3. The molecule has 1 aliphatic heterocycles. The quantitative estimate of drug-likeness (QED) is 0.819. The number of nitrogens with zero attached hydrogens (tertiary/aromatic N) is 2. The van der Waals surface area contributed by atoms with Gasteiger partial charge in [-0.05, 0) is 18.1 Å². The molecule has 0 saturated heterocycles. The Morgan fingerprint density at radius 2 is 2.31 bits per heavy atom. The van der Waals surface area contributed by atoms with E-state index in [9.17, 15) is 5.26 Å². The van der Waals surface area contributed by atoms with Gasteiger partial charge in [-0.1, -0.05) is 25.1 Å². The summed E-state index contributed by atoms with van der Waals surface area (Å²) < 4.78 is 0. The first kappa shape index (κ1) is 11.0. The van der Waals surface area contributed by atoms with Crippen LogP contribution in [0.15, 0.2) is 24.3 Å². The lowest BCUT2D eigenvalue weighted by atomic mass is 10.1. The van der Waals surface area contributed by atoms with Crippen LogP contribution in [-0.2, 0) is 6.54 Å². The Morgan fingerprint density at radius 1 is 1.50 bits per heavy atom. The molecule has 3 nitrogen and oxygen atoms in total. The van der Waals surface area contributed by atoms with Gasteiger partial charge in [-0.2, -0.15) is 5.26 Å². The number of anilines is 1. The average molecular weight is 215 g/mol. The van der Waals surface area contributed by atoms with E-state index in [2.05, 4.69) is 41.4 Å². The highest BCUT2D eigenvalue weighted by molar-refractivity contribution is 5.56. The molecule has 1 aromatic carbocycles. The van der Waals surface area contributed by atoms with E-state index in [0.717, 1.165) is 26.1 Å². The molecular weight excluding hydrogens is 198 g/mol. The molecule has 16 heavy (non-hydrogen) atoms. The van der Waals surface area contributed by atoms with Gasteiger partial charge in [0, 0.05) is 25.3 Å². The lowest BCUT2D eigenvalue weighted by Crippen LogP contribution is -2.37. The molecule has 1 atom stereocenters. The van der Waals surface area contributed by atoms with Crippen molar-refractivity contribution in [1.82, 2.24) is 5.32 Å². The summed E-state index contributed by atoms with van der Waals surface area (Å²) in [6.45, 7) is 4.80. The van der Waals surface area contributed by atoms with Crippen LogP contribution >= 0.6 is 0 Å². The van der Waals surface area contributed by atoms with E-state index in [4.69, 9.17) is 0 Å². The molecule has 0 aromatic heterocycles. The number of hydrogen-bond donors (Lipinski definition) is 1. The molecule has 0 amide bonds. The van der Waals surface area contributed by atoms with E-state index in [-0.39, 0.29) is 6.04 Å². The monoisotopic (exact) mass is 215 g/mol. The Kier molecular flexibility index (Phi) is 3.43. The molecule has 1 heterocycles. The van der Waals surface area contributed by atoms with Gasteiger partial charge in [-0.15, -0.1) is 0 Å². The van der Waals surface area contributed by atoms with Gasteiger partial charge in [0.2, 0.25) is 0 Å². The van der Waals surface area contributed by atoms with Gasteiger partial charge >= 0.3 is 0 Å². The summed E-state index contributed by atoms with van der Waals surface area (Å²) >= 11 is 0. The van der Waals surface area contributed by atoms with Gasteiger partial charge in [0.05, 0.1) is 6.07 Å². The SMILES string of the molecule is CCC(C#N)N1CCNCc2ccccc21. The molecule has 0 bridgehead atoms. The first-order chi connectivity index (χ1) is 7.86. The Hall–Kier alpha value is -1.53. The molecule has 84 valence electrons. The minimum Gasteiger partial charge on any atom is -0.354 e. The summed E-state index contributed by atoms with van der Waals surface area (Å²) in [4.78, 5) is 2.22. The fraction of sp³-hybridized carbons (Fsp3) is 0.462. The molecule has 1 unspecified atom stereocenters. The normalized spacial score (nSPS) is 17.1. The van der Waals surface area contributed by atoms with Crippen molar-refractivity contribution in [2.45, 2.75) is 25.9 Å². The highest BCUT2D eigenvalue weighted by atomic mass is 15.2. The second-order valence-corrected chi connectivity index (χ2v) is 4.05. The van der Waals surface area contributed by atoms with E-state index in [1.165, 1.54) is 11.3 Å². The number of nitriles is 1. The van der Waals surface area contributed by atoms with Crippen molar-refractivity contribution in [2.24, 2.45) is 0 Å². The lowest BCUT2D eigenvalue weighted by Gasteiger charge is -2.28. The maximum Gasteiger partial charge on any atom is 0.116 e. The molecule has 0 saturated carbocycles. The van der Waals surface area contributed by atoms with Gasteiger partial charge in [0.1, 0.15) is 6.04 Å². The highest BCUT2D eigenvalue weighted by Gasteiger charge is 2.20. The predicted octanol–water partition coefficient (Wildman–Crippen LogP) is 1.90. The Labute approximate surface area is 96.7 Å². The van der Waals surface area contributed by atoms with Crippen molar-refractivity contribution in [3.63, 3.8) is 0 Å². The third kappa shape index (κ3) is 2.02. The topological polar surface area (TPSA) is 39.1 Å². The molecule has 1 aromatic rings. The second-order valence-electron chi connectivity index (χ2n) is 4.05. The third-order valence-corrected chi connectivity index (χ3v) is 3.06. The number of nitrogens with one attached hydrogen (secondary N) is 1. The fourth-order valence-electron chi connectivity index (χ4n) is 2.19. The second kappa shape index (κ2) is 5.00. The van der Waals surface area contributed by atoms with E-state index < -0.39 is 0 Å². The molecule has 3 heteroatoms. The first-order valence-corrected chi connectivity index (χ1v) is 5.81. The van der Waals surface area contributed by atoms with Crippen molar-refractivity contribution < 1.29 is 0 Å². The third-order valence-electron chi connectivity index (χ3n) is 3.06. The van der Waals surface area contributed by atoms with Crippen LogP contribution in [0.25, 0.3) is 0 Å². The molecule has 1 aliphatic rings. The van der Waals surface area contributed by atoms with Gasteiger partial charge < -0.3 is 10.2 Å². The van der Waals surface area contributed by atoms with Crippen LogP contribution in [-0.4, -0.2) is 19.1 Å². The van der Waals surface area contributed by atoms with Crippen LogP contribution in [0.5, 0.6) is 0 Å². The van der Waals surface area contributed by atoms with E-state index in [1.807, 2.05) is 6.07 Å². The average Bonchev–Trinajstić information content (AvgIpc) is 2.54. The van der Waals surface area contributed by atoms with E-state index in [1.54, 1.807) is 0 Å². The Morgan fingerprint density at radius 3 is 3.06 bits per heavy atom. The highest BCUT2D eigenvalue weighted by Crippen LogP contribution is 2.24. The molecule has 0 aliphatic carbocycles. The largest absolute Gasteiger partial charge is 0.354 e. The fourth-order valence-corrected chi connectivity index (χ4v) is 2.19. The zero-order valence-corrected chi connectivity index (χ0v) is 9.61. The number of rotatable bonds is 2. The molecule has 2 rings (SSSR count). The summed E-state index contributed by atoms with van der Waals surface area (Å²) in [6.07, 6.45) is 0.866. The lowest BCUT2D eigenvalue weighted by molar-refractivity contribution is 0.643. The van der Waals surface area contributed by atoms with Crippen molar-refractivity contribution >= 4 is 5.69 Å². The first-order valence-electron chi connectivity index (χ1n) is 5.81. The van der Waals surface area contributed by atoms with E-state index in [0.29, 0.717) is 0 Å². The van der Waals surface area contributed by atoms with Crippen LogP contribution in [0, 0.1) is 11.3 Å². The van der Waals surface area contributed by atoms with Crippen LogP contribution < -0.4 is 10.2 Å². The minimum atomic E-state index is -0.0129. The van der Waals surface area contributed by atoms with Gasteiger partial charge in [0.15, 0.2) is 0 Å². The van der Waals surface area contributed by atoms with Crippen LogP contribution in [0.3, 0.4) is 0 Å². The Bertz CT molecular complexity index is 394. The number of benzene rings is 1. The summed E-state index contributed by atoms with van der Waals surface area (Å²) in [5, 5.41) is 12.6. The van der Waals surface area contributed by atoms with Crippen LogP contribution in [0.4, 0.5) is 5.69 Å². The van der Waals surface area contributed by atoms with Crippen molar-refractivity contribution in [3.05, 3.63) is 29.8 Å². The van der Waals surface area contributed by atoms with Crippen molar-refractivity contribution in [1.29, 1.82) is 5.26 Å². The van der Waals surface area contributed by atoms with Gasteiger partial charge in [-0.25, -0.2) is 0 Å². The van der Waals surface area contributed by atoms with E-state index >= 15 is 0 Å². The van der Waals surface area contributed by atoms with Gasteiger partial charge in [0.25, 0.3) is 0 Å². The molecule has 0 radical (unpaired) electrons. The summed E-state index contributed by atoms with van der Waals surface area (Å²) in [7, 11) is 0. The number of fused-ring (bicyclic) bond motifs is 1. The Balaban J connectivity index is 2.36. The zero-order valence-electron chi connectivity index (χ0n) is 9.61. The molecule has 0 spiro atoms. The summed E-state index contributed by atoms with van der Waals surface area (Å²) in [5.41, 5.74) is 2.50. The summed E-state index contributed by atoms with van der Waals surface area (Å²) in [6, 6.07) is 10.7. The predicted molar refractivity (Wildman–Crippen MR) is 65.2 cm³/mol. The number of para-hydroxylation sites is 1. The minimum absolute atomic E-state index is 0.0129. The standard InChI is InChI=1S/C13H17N3/c1-2-12(9-14)16-8-7-15-10-11-5-3-4-6-13(11)16/h3-6,12,15H,2,7-8,10H2,1H3. The maximum atomic E-state index is 9.18. The smallest absolute Gasteiger partial charge is 0.116 e. The molecule has 0 fully saturated rings. The van der Waals surface area contributed by atoms with Crippen molar-refractivity contribution in [3.8, 4) is 6.07 Å². The maximum absolute atomic E-state index is 9.18. The van der Waals surface area contributed by atoms with Crippen molar-refractivity contribution in [2.75, 3.05) is 18.0 Å². The van der Waals surface area contributed by atoms with Crippen LogP contribution in [0.2, 0.25) is 0 Å². The molecule has 1 N–H and O–H groups in total. The van der Waals surface area contributed by atoms with Crippen LogP contribution in [0.1, 0.15) is 18.9 Å². The zero-order chi connectivity index (χ0) is 11.4.